The van der Waals surface area contributed by atoms with Crippen LogP contribution < -0.4 is 15.2 Å². The van der Waals surface area contributed by atoms with E-state index in [9.17, 15) is 9.59 Å². The molecule has 0 N–H and O–H groups in total. The van der Waals surface area contributed by atoms with Gasteiger partial charge in [-0.2, -0.15) is 0 Å². The van der Waals surface area contributed by atoms with Crippen LogP contribution >= 0.6 is 11.8 Å². The van der Waals surface area contributed by atoms with Gasteiger partial charge in [-0.15, -0.1) is 0 Å². The fourth-order valence-electron chi connectivity index (χ4n) is 3.75. The molecule has 1 fully saturated rings. The van der Waals surface area contributed by atoms with E-state index in [1.165, 1.54) is 0 Å². The van der Waals surface area contributed by atoms with Gasteiger partial charge in [-0.25, -0.2) is 4.98 Å². The van der Waals surface area contributed by atoms with Crippen molar-refractivity contribution in [2.75, 3.05) is 43.9 Å². The molecule has 0 bridgehead atoms. The number of methoxy groups -OCH3 is 1. The SMILES string of the molecule is COc1ccc(N2CCN(C(=O)C[C@@H]3CSc4nc(C)cc(=O)n43)CC2)cc1. The molecule has 1 saturated heterocycles. The highest BCUT2D eigenvalue weighted by Crippen LogP contribution is 2.32. The Morgan fingerprint density at radius 2 is 1.93 bits per heavy atom. The number of aromatic nitrogens is 2. The number of carbonyl (C=O) groups is 1. The maximum Gasteiger partial charge on any atom is 0.254 e. The van der Waals surface area contributed by atoms with Crippen LogP contribution in [0.1, 0.15) is 18.2 Å². The number of carbonyl (C=O) groups excluding carboxylic acids is 1. The Kier molecular flexibility index (Phi) is 5.30. The van der Waals surface area contributed by atoms with E-state index in [1.807, 2.05) is 36.1 Å². The van der Waals surface area contributed by atoms with Gasteiger partial charge in [-0.3, -0.25) is 14.2 Å². The number of anilines is 1. The van der Waals surface area contributed by atoms with Gasteiger partial charge < -0.3 is 14.5 Å². The normalized spacial score (nSPS) is 18.9. The molecule has 0 saturated carbocycles. The molecule has 0 radical (unpaired) electrons. The molecular weight excluding hydrogens is 376 g/mol. The van der Waals surface area contributed by atoms with Crippen LogP contribution in [0.15, 0.2) is 40.3 Å². The minimum Gasteiger partial charge on any atom is -0.497 e. The van der Waals surface area contributed by atoms with E-state index in [2.05, 4.69) is 9.88 Å². The largest absolute Gasteiger partial charge is 0.497 e. The molecule has 1 amide bonds. The van der Waals surface area contributed by atoms with Crippen molar-refractivity contribution < 1.29 is 9.53 Å². The number of amides is 1. The summed E-state index contributed by atoms with van der Waals surface area (Å²) in [6, 6.07) is 9.44. The Hall–Kier alpha value is -2.48. The number of nitrogens with zero attached hydrogens (tertiary/aromatic N) is 4. The summed E-state index contributed by atoms with van der Waals surface area (Å²) in [7, 11) is 1.66. The fraction of sp³-hybridized carbons (Fsp3) is 0.450. The zero-order valence-corrected chi connectivity index (χ0v) is 16.9. The van der Waals surface area contributed by atoms with Crippen molar-refractivity contribution in [2.24, 2.45) is 0 Å². The molecule has 2 aliphatic heterocycles. The molecule has 28 heavy (non-hydrogen) atoms. The Morgan fingerprint density at radius 1 is 1.21 bits per heavy atom. The number of piperazine rings is 1. The van der Waals surface area contributed by atoms with Gasteiger partial charge >= 0.3 is 0 Å². The van der Waals surface area contributed by atoms with Gasteiger partial charge in [0, 0.05) is 55.8 Å². The number of ether oxygens (including phenoxy) is 1. The lowest BCUT2D eigenvalue weighted by Gasteiger charge is -2.36. The lowest BCUT2D eigenvalue weighted by atomic mass is 10.1. The monoisotopic (exact) mass is 400 g/mol. The maximum atomic E-state index is 12.8. The van der Waals surface area contributed by atoms with Crippen molar-refractivity contribution in [2.45, 2.75) is 24.5 Å². The highest BCUT2D eigenvalue weighted by Gasteiger charge is 2.30. The topological polar surface area (TPSA) is 67.7 Å². The summed E-state index contributed by atoms with van der Waals surface area (Å²) in [5.74, 6) is 1.68. The number of fused-ring (bicyclic) bond motifs is 1. The van der Waals surface area contributed by atoms with Crippen LogP contribution in [0.5, 0.6) is 5.75 Å². The Balaban J connectivity index is 1.36. The first-order valence-electron chi connectivity index (χ1n) is 9.45. The van der Waals surface area contributed by atoms with E-state index < -0.39 is 0 Å². The summed E-state index contributed by atoms with van der Waals surface area (Å²) in [6.07, 6.45) is 0.354. The van der Waals surface area contributed by atoms with Gasteiger partial charge in [0.15, 0.2) is 5.16 Å². The van der Waals surface area contributed by atoms with E-state index in [0.29, 0.717) is 19.5 Å². The van der Waals surface area contributed by atoms with E-state index in [1.54, 1.807) is 29.5 Å². The molecule has 8 heteroatoms. The van der Waals surface area contributed by atoms with Crippen LogP contribution in [0, 0.1) is 6.92 Å². The van der Waals surface area contributed by atoms with Crippen LogP contribution in [-0.2, 0) is 4.79 Å². The van der Waals surface area contributed by atoms with Crippen molar-refractivity contribution in [3.05, 3.63) is 46.4 Å². The summed E-state index contributed by atoms with van der Waals surface area (Å²) in [5, 5.41) is 0.729. The molecule has 4 rings (SSSR count). The number of hydrogen-bond donors (Lipinski definition) is 0. The summed E-state index contributed by atoms with van der Waals surface area (Å²) in [6.45, 7) is 4.81. The average Bonchev–Trinajstić information content (AvgIpc) is 3.11. The van der Waals surface area contributed by atoms with E-state index in [-0.39, 0.29) is 17.5 Å². The van der Waals surface area contributed by atoms with Gasteiger partial charge in [-0.05, 0) is 31.2 Å². The molecule has 1 aromatic heterocycles. The third-order valence-corrected chi connectivity index (χ3v) is 6.40. The number of benzene rings is 1. The molecule has 0 spiro atoms. The molecule has 7 nitrogen and oxygen atoms in total. The van der Waals surface area contributed by atoms with Crippen molar-refractivity contribution >= 4 is 23.4 Å². The van der Waals surface area contributed by atoms with Crippen LogP contribution in [-0.4, -0.2) is 59.4 Å². The van der Waals surface area contributed by atoms with Gasteiger partial charge in [0.2, 0.25) is 5.91 Å². The molecule has 1 atom stereocenters. The van der Waals surface area contributed by atoms with E-state index >= 15 is 0 Å². The summed E-state index contributed by atoms with van der Waals surface area (Å²) < 4.78 is 6.89. The Bertz CT molecular complexity index is 920. The predicted octanol–water partition coefficient (Wildman–Crippen LogP) is 1.95. The first-order chi connectivity index (χ1) is 13.5. The standard InChI is InChI=1S/C20H24N4O3S/c1-14-11-19(26)24-16(13-28-20(24)21-14)12-18(25)23-9-7-22(8-10-23)15-3-5-17(27-2)6-4-15/h3-6,11,16H,7-10,12-13H2,1-2H3/t16-/m1/s1. The molecule has 0 aliphatic carbocycles. The lowest BCUT2D eigenvalue weighted by molar-refractivity contribution is -0.132. The van der Waals surface area contributed by atoms with Gasteiger partial charge in [-0.1, -0.05) is 11.8 Å². The highest BCUT2D eigenvalue weighted by atomic mass is 32.2. The Morgan fingerprint density at radius 3 is 2.61 bits per heavy atom. The van der Waals surface area contributed by atoms with Crippen molar-refractivity contribution in [3.8, 4) is 5.75 Å². The smallest absolute Gasteiger partial charge is 0.254 e. The van der Waals surface area contributed by atoms with Gasteiger partial charge in [0.05, 0.1) is 13.2 Å². The van der Waals surface area contributed by atoms with Crippen LogP contribution in [0.4, 0.5) is 5.69 Å². The number of thioether (sulfide) groups is 1. The van der Waals surface area contributed by atoms with Crippen LogP contribution in [0.2, 0.25) is 0 Å². The van der Waals surface area contributed by atoms with Crippen molar-refractivity contribution in [1.29, 1.82) is 0 Å². The highest BCUT2D eigenvalue weighted by molar-refractivity contribution is 7.99. The zero-order valence-electron chi connectivity index (χ0n) is 16.1. The second-order valence-corrected chi connectivity index (χ2v) is 8.11. The molecule has 3 heterocycles. The minimum absolute atomic E-state index is 0.0605. The number of hydrogen-bond acceptors (Lipinski definition) is 6. The molecule has 2 aromatic rings. The van der Waals surface area contributed by atoms with E-state index in [4.69, 9.17) is 4.74 Å². The number of rotatable bonds is 4. The summed E-state index contributed by atoms with van der Waals surface area (Å²) in [5.41, 5.74) is 1.81. The lowest BCUT2D eigenvalue weighted by Crippen LogP contribution is -2.49. The molecule has 1 aromatic carbocycles. The molecule has 0 unspecified atom stereocenters. The van der Waals surface area contributed by atoms with Gasteiger partial charge in [0.1, 0.15) is 5.75 Å². The fourth-order valence-corrected chi connectivity index (χ4v) is 4.95. The first-order valence-corrected chi connectivity index (χ1v) is 10.4. The molecule has 2 aliphatic rings. The minimum atomic E-state index is -0.104. The van der Waals surface area contributed by atoms with Crippen LogP contribution in [0.25, 0.3) is 0 Å². The third-order valence-electron chi connectivity index (χ3n) is 5.30. The van der Waals surface area contributed by atoms with E-state index in [0.717, 1.165) is 41.1 Å². The number of aryl methyl sites for hydroxylation is 1. The second kappa shape index (κ2) is 7.87. The average molecular weight is 401 g/mol. The maximum absolute atomic E-state index is 12.8. The van der Waals surface area contributed by atoms with Crippen LogP contribution in [0.3, 0.4) is 0 Å². The first kappa shape index (κ1) is 18.9. The zero-order chi connectivity index (χ0) is 19.7. The molecular formula is C20H24N4O3S. The van der Waals surface area contributed by atoms with Crippen molar-refractivity contribution in [3.63, 3.8) is 0 Å². The molecule has 148 valence electrons. The summed E-state index contributed by atoms with van der Waals surface area (Å²) in [4.78, 5) is 33.7. The van der Waals surface area contributed by atoms with Crippen molar-refractivity contribution in [1.82, 2.24) is 14.5 Å². The Labute approximate surface area is 168 Å². The third kappa shape index (κ3) is 3.73. The predicted molar refractivity (Wildman–Crippen MR) is 109 cm³/mol. The van der Waals surface area contributed by atoms with Gasteiger partial charge in [0.25, 0.3) is 5.56 Å². The second-order valence-electron chi connectivity index (χ2n) is 7.12. The summed E-state index contributed by atoms with van der Waals surface area (Å²) >= 11 is 1.56. The quantitative estimate of drug-likeness (QED) is 0.731.